The van der Waals surface area contributed by atoms with E-state index in [4.69, 9.17) is 67.7 Å². The molecule has 4 aromatic carbocycles. The molecule has 1 saturated heterocycles. The molecule has 2 aliphatic rings. The van der Waals surface area contributed by atoms with E-state index in [0.29, 0.717) is 55.1 Å². The van der Waals surface area contributed by atoms with Gasteiger partial charge < -0.3 is 15.4 Å². The van der Waals surface area contributed by atoms with Crippen molar-refractivity contribution in [3.8, 4) is 5.75 Å². The van der Waals surface area contributed by atoms with Gasteiger partial charge in [0.2, 0.25) is 5.91 Å². The third kappa shape index (κ3) is 16.9. The van der Waals surface area contributed by atoms with E-state index in [0.717, 1.165) is 64.2 Å². The van der Waals surface area contributed by atoms with Gasteiger partial charge in [-0.25, -0.2) is 10.0 Å². The van der Waals surface area contributed by atoms with Crippen molar-refractivity contribution in [1.29, 1.82) is 0 Å². The Hall–Kier alpha value is -3.64. The molecule has 0 aromatic heterocycles. The largest absolute Gasteiger partial charge is 0.479 e. The number of ether oxygens (including phenoxy) is 1. The molecule has 71 heavy (non-hydrogen) atoms. The van der Waals surface area contributed by atoms with Gasteiger partial charge in [0.1, 0.15) is 22.5 Å². The first kappa shape index (κ1) is 56.7. The van der Waals surface area contributed by atoms with Crippen LogP contribution in [0.2, 0.25) is 25.1 Å². The van der Waals surface area contributed by atoms with Crippen LogP contribution in [0.15, 0.2) is 82.7 Å². The first-order chi connectivity index (χ1) is 34.4. The molecule has 3 N–H and O–H groups in total. The van der Waals surface area contributed by atoms with Crippen LogP contribution in [-0.4, -0.2) is 34.9 Å². The number of nitrogens with one attached hydrogen (secondary N) is 3. The number of hydrogen-bond acceptors (Lipinski definition) is 6. The molecule has 384 valence electrons. The molecule has 2 fully saturated rings. The van der Waals surface area contributed by atoms with Crippen LogP contribution in [-0.2, 0) is 14.4 Å². The van der Waals surface area contributed by atoms with Crippen molar-refractivity contribution in [2.45, 2.75) is 178 Å². The Morgan fingerprint density at radius 1 is 0.718 bits per heavy atom. The number of halogens is 5. The topological polar surface area (TPSA) is 112 Å². The van der Waals surface area contributed by atoms with E-state index >= 15 is 0 Å². The standard InChI is InChI=1S/C56H70Cl5N5O4S/c1-4-6-8-10-11-12-13-14-15-20-27-49(70-48-32-29-39(33-43(48)59)38-24-18-16-19-25-38)55(68)64-46-26-21-22-28-50(46)71-52-53(65-66(56(52)69)51-44(60)34-40(57)35-45(51)61)63-47-36-41(30-31-42(47)58)62-54(67)37(3)23-17-9-7-5-2/h21-22,26,28-38,49,52H,4-20,23-25,27H2,1-3H3,(H,62,67)(H,63,65)(H,64,68). The number of nitrogens with zero attached hydrogens (tertiary/aromatic N) is 2. The molecule has 0 bridgehead atoms. The highest BCUT2D eigenvalue weighted by Gasteiger charge is 2.42. The van der Waals surface area contributed by atoms with E-state index in [9.17, 15) is 14.4 Å². The van der Waals surface area contributed by atoms with Crippen LogP contribution >= 0.6 is 69.8 Å². The number of hydrogen-bond donors (Lipinski definition) is 3. The zero-order valence-corrected chi connectivity index (χ0v) is 46.0. The third-order valence-corrected chi connectivity index (χ3v) is 16.0. The Morgan fingerprint density at radius 2 is 1.35 bits per heavy atom. The summed E-state index contributed by atoms with van der Waals surface area (Å²) in [4.78, 5) is 47.9. The number of carbonyl (C=O) groups is 3. The highest BCUT2D eigenvalue weighted by atomic mass is 35.5. The van der Waals surface area contributed by atoms with Gasteiger partial charge in [0.05, 0.1) is 31.5 Å². The maximum Gasteiger partial charge on any atom is 0.267 e. The summed E-state index contributed by atoms with van der Waals surface area (Å²) in [6.07, 6.45) is 22.4. The molecule has 3 amide bonds. The normalized spacial score (nSPS) is 16.5. The van der Waals surface area contributed by atoms with Gasteiger partial charge in [-0.05, 0) is 98.2 Å². The predicted octanol–water partition coefficient (Wildman–Crippen LogP) is 18.0. The lowest BCUT2D eigenvalue weighted by Gasteiger charge is -2.24. The Kier molecular flexibility index (Phi) is 23.4. The summed E-state index contributed by atoms with van der Waals surface area (Å²) in [5, 5.41) is 7.79. The van der Waals surface area contributed by atoms with Crippen molar-refractivity contribution in [1.82, 2.24) is 5.43 Å². The molecule has 3 atom stereocenters. The number of rotatable bonds is 27. The number of thioether (sulfide) groups is 1. The monoisotopic (exact) mass is 1080 g/mol. The van der Waals surface area contributed by atoms with Crippen LogP contribution in [0.1, 0.15) is 167 Å². The molecule has 0 radical (unpaired) electrons. The minimum Gasteiger partial charge on any atom is -0.479 e. The number of benzene rings is 4. The average molecular weight is 1090 g/mol. The maximum atomic E-state index is 14.7. The van der Waals surface area contributed by atoms with Gasteiger partial charge in [-0.15, -0.1) is 11.8 Å². The number of aliphatic imine (C=N–C) groups is 1. The van der Waals surface area contributed by atoms with Gasteiger partial charge in [-0.3, -0.25) is 19.8 Å². The van der Waals surface area contributed by atoms with Gasteiger partial charge in [-0.1, -0.05) is 200 Å². The first-order valence-electron chi connectivity index (χ1n) is 25.8. The molecule has 1 heterocycles. The zero-order chi connectivity index (χ0) is 50.7. The predicted molar refractivity (Wildman–Crippen MR) is 300 cm³/mol. The molecule has 0 spiro atoms. The molecule has 4 aromatic rings. The zero-order valence-electron chi connectivity index (χ0n) is 41.4. The Morgan fingerprint density at radius 3 is 2.03 bits per heavy atom. The number of anilines is 3. The fourth-order valence-corrected chi connectivity index (χ4v) is 11.6. The molecular formula is C56H70Cl5N5O4S. The lowest BCUT2D eigenvalue weighted by atomic mass is 9.84. The highest BCUT2D eigenvalue weighted by Crippen LogP contribution is 2.42. The Labute approximate surface area is 451 Å². The van der Waals surface area contributed by atoms with Crippen LogP contribution < -0.4 is 25.8 Å². The maximum absolute atomic E-state index is 14.7. The summed E-state index contributed by atoms with van der Waals surface area (Å²) in [7, 11) is 0. The number of amidine groups is 1. The lowest BCUT2D eigenvalue weighted by Crippen LogP contribution is -2.36. The van der Waals surface area contributed by atoms with Gasteiger partial charge in [0, 0.05) is 21.5 Å². The summed E-state index contributed by atoms with van der Waals surface area (Å²) < 4.78 is 6.54. The first-order valence-corrected chi connectivity index (χ1v) is 28.6. The van der Waals surface area contributed by atoms with Gasteiger partial charge in [-0.2, -0.15) is 0 Å². The number of hydrazine groups is 1. The van der Waals surface area contributed by atoms with Crippen LogP contribution in [0, 0.1) is 5.92 Å². The summed E-state index contributed by atoms with van der Waals surface area (Å²) >= 11 is 34.6. The van der Waals surface area contributed by atoms with E-state index in [1.165, 1.54) is 98.7 Å². The van der Waals surface area contributed by atoms with Crippen LogP contribution in [0.3, 0.4) is 0 Å². The number of unbranched alkanes of at least 4 members (excludes halogenated alkanes) is 12. The molecule has 9 nitrogen and oxygen atoms in total. The summed E-state index contributed by atoms with van der Waals surface area (Å²) in [6.45, 7) is 6.32. The number of para-hydroxylation sites is 1. The van der Waals surface area contributed by atoms with Crippen molar-refractivity contribution < 1.29 is 19.1 Å². The van der Waals surface area contributed by atoms with Crippen LogP contribution in [0.25, 0.3) is 0 Å². The fraction of sp³-hybridized carbons (Fsp3) is 0.500. The molecule has 1 saturated carbocycles. The smallest absolute Gasteiger partial charge is 0.267 e. The van der Waals surface area contributed by atoms with Crippen molar-refractivity contribution in [3.63, 3.8) is 0 Å². The van der Waals surface area contributed by atoms with Gasteiger partial charge in [0.15, 0.2) is 6.10 Å². The SMILES string of the molecule is CCCCCCCCCCCCC(Oc1ccc(C2CCCCC2)cc1Cl)C(=O)Nc1ccccc1SC1C(=O)N(c2c(Cl)cc(Cl)cc2Cl)NC1=Nc1cc(NC(=O)C(C)CCCCCC)ccc1Cl. The van der Waals surface area contributed by atoms with E-state index in [2.05, 4.69) is 36.0 Å². The minimum absolute atomic E-state index is 0.103. The second-order valence-electron chi connectivity index (χ2n) is 19.0. The molecule has 6 rings (SSSR count). The van der Waals surface area contributed by atoms with Gasteiger partial charge >= 0.3 is 0 Å². The van der Waals surface area contributed by atoms with Crippen molar-refractivity contribution in [2.24, 2.45) is 10.9 Å². The van der Waals surface area contributed by atoms with E-state index in [-0.39, 0.29) is 39.3 Å². The van der Waals surface area contributed by atoms with E-state index in [1.54, 1.807) is 24.3 Å². The van der Waals surface area contributed by atoms with Crippen molar-refractivity contribution >= 4 is 116 Å². The summed E-state index contributed by atoms with van der Waals surface area (Å²) in [5.41, 5.74) is 5.85. The number of amides is 3. The van der Waals surface area contributed by atoms with Crippen molar-refractivity contribution in [2.75, 3.05) is 15.6 Å². The number of carbonyl (C=O) groups excluding carboxylic acids is 3. The highest BCUT2D eigenvalue weighted by molar-refractivity contribution is 8.01. The molecule has 1 aliphatic carbocycles. The van der Waals surface area contributed by atoms with E-state index in [1.807, 2.05) is 37.3 Å². The average Bonchev–Trinajstić information content (AvgIpc) is 3.64. The Bertz CT molecular complexity index is 2410. The second-order valence-corrected chi connectivity index (χ2v) is 22.2. The Balaban J connectivity index is 1.24. The summed E-state index contributed by atoms with van der Waals surface area (Å²) in [6, 6.07) is 21.4. The third-order valence-electron chi connectivity index (χ3n) is 13.3. The van der Waals surface area contributed by atoms with Crippen LogP contribution in [0.4, 0.5) is 22.7 Å². The van der Waals surface area contributed by atoms with Gasteiger partial charge in [0.25, 0.3) is 11.8 Å². The molecule has 1 aliphatic heterocycles. The fourth-order valence-electron chi connectivity index (χ4n) is 9.18. The van der Waals surface area contributed by atoms with E-state index < -0.39 is 17.3 Å². The summed E-state index contributed by atoms with van der Waals surface area (Å²) in [5.74, 6) is 0.110. The molecule has 15 heteroatoms. The lowest BCUT2D eigenvalue weighted by molar-refractivity contribution is -0.123. The second kappa shape index (κ2) is 29.3. The minimum atomic E-state index is -1.01. The molecule has 3 unspecified atom stereocenters. The van der Waals surface area contributed by atoms with Crippen LogP contribution in [0.5, 0.6) is 5.75 Å². The quantitative estimate of drug-likeness (QED) is 0.0513. The van der Waals surface area contributed by atoms with Crippen molar-refractivity contribution in [3.05, 3.63) is 103 Å². The molecular weight excluding hydrogens is 1020 g/mol.